The van der Waals surface area contributed by atoms with Crippen LogP contribution in [0.5, 0.6) is 5.75 Å². The first kappa shape index (κ1) is 12.9. The van der Waals surface area contributed by atoms with Crippen molar-refractivity contribution in [2.75, 3.05) is 6.61 Å². The lowest BCUT2D eigenvalue weighted by molar-refractivity contribution is 0.340. The Labute approximate surface area is 122 Å². The molecule has 0 aliphatic rings. The SMILES string of the molecule is CCOc1cccc(-n2c(CCl)nc3cnccc32)c1. The predicted octanol–water partition coefficient (Wildman–Crippen LogP) is 3.56. The van der Waals surface area contributed by atoms with Gasteiger partial charge in [0.2, 0.25) is 0 Å². The van der Waals surface area contributed by atoms with Crippen molar-refractivity contribution < 1.29 is 4.74 Å². The highest BCUT2D eigenvalue weighted by Crippen LogP contribution is 2.24. The molecular formula is C15H14ClN3O. The zero-order valence-corrected chi connectivity index (χ0v) is 11.8. The molecule has 3 aromatic rings. The van der Waals surface area contributed by atoms with Crippen molar-refractivity contribution in [2.45, 2.75) is 12.8 Å². The van der Waals surface area contributed by atoms with Gasteiger partial charge in [-0.3, -0.25) is 9.55 Å². The Hall–Kier alpha value is -2.07. The summed E-state index contributed by atoms with van der Waals surface area (Å²) in [4.78, 5) is 8.61. The molecule has 0 unspecified atom stereocenters. The van der Waals surface area contributed by atoms with Gasteiger partial charge in [-0.05, 0) is 25.1 Å². The van der Waals surface area contributed by atoms with Gasteiger partial charge in [0.1, 0.15) is 17.1 Å². The Balaban J connectivity index is 2.20. The number of hydrogen-bond acceptors (Lipinski definition) is 3. The van der Waals surface area contributed by atoms with Crippen LogP contribution in [-0.4, -0.2) is 21.1 Å². The number of benzene rings is 1. The molecular weight excluding hydrogens is 274 g/mol. The zero-order valence-electron chi connectivity index (χ0n) is 11.1. The van der Waals surface area contributed by atoms with Crippen LogP contribution < -0.4 is 4.74 Å². The molecule has 0 aliphatic heterocycles. The van der Waals surface area contributed by atoms with E-state index in [0.717, 1.165) is 28.3 Å². The minimum Gasteiger partial charge on any atom is -0.494 e. The highest BCUT2D eigenvalue weighted by Gasteiger charge is 2.12. The average molecular weight is 288 g/mol. The van der Waals surface area contributed by atoms with Gasteiger partial charge >= 0.3 is 0 Å². The van der Waals surface area contributed by atoms with E-state index in [-0.39, 0.29) is 0 Å². The largest absolute Gasteiger partial charge is 0.494 e. The van der Waals surface area contributed by atoms with E-state index in [9.17, 15) is 0 Å². The standard InChI is InChI=1S/C15H14ClN3O/c1-2-20-12-5-3-4-11(8-12)19-14-6-7-17-10-13(14)18-15(19)9-16/h3-8,10H,2,9H2,1H3. The third kappa shape index (κ3) is 2.23. The summed E-state index contributed by atoms with van der Waals surface area (Å²) in [5, 5.41) is 0. The molecule has 0 radical (unpaired) electrons. The number of halogens is 1. The summed E-state index contributed by atoms with van der Waals surface area (Å²) in [5.74, 6) is 1.97. The number of pyridine rings is 1. The van der Waals surface area contributed by atoms with E-state index in [0.29, 0.717) is 12.5 Å². The van der Waals surface area contributed by atoms with Crippen LogP contribution in [0.3, 0.4) is 0 Å². The first-order valence-corrected chi connectivity index (χ1v) is 6.97. The number of aromatic nitrogens is 3. The van der Waals surface area contributed by atoms with Crippen molar-refractivity contribution in [3.63, 3.8) is 0 Å². The quantitative estimate of drug-likeness (QED) is 0.689. The van der Waals surface area contributed by atoms with E-state index in [1.807, 2.05) is 41.8 Å². The Kier molecular flexibility index (Phi) is 3.56. The molecule has 0 atom stereocenters. The molecule has 1 aromatic carbocycles. The predicted molar refractivity (Wildman–Crippen MR) is 79.6 cm³/mol. The summed E-state index contributed by atoms with van der Waals surface area (Å²) < 4.78 is 7.59. The van der Waals surface area contributed by atoms with Gasteiger partial charge in [-0.15, -0.1) is 11.6 Å². The highest BCUT2D eigenvalue weighted by atomic mass is 35.5. The first-order valence-electron chi connectivity index (χ1n) is 6.44. The molecule has 0 saturated heterocycles. The summed E-state index contributed by atoms with van der Waals surface area (Å²) in [6, 6.07) is 9.84. The second kappa shape index (κ2) is 5.51. The average Bonchev–Trinajstić information content (AvgIpc) is 2.86. The highest BCUT2D eigenvalue weighted by molar-refractivity contribution is 6.17. The molecule has 0 saturated carbocycles. The molecule has 0 fully saturated rings. The van der Waals surface area contributed by atoms with Gasteiger partial charge in [0, 0.05) is 12.3 Å². The molecule has 0 bridgehead atoms. The lowest BCUT2D eigenvalue weighted by Gasteiger charge is -2.10. The number of fused-ring (bicyclic) bond motifs is 1. The van der Waals surface area contributed by atoms with E-state index < -0.39 is 0 Å². The minimum atomic E-state index is 0.341. The van der Waals surface area contributed by atoms with Crippen molar-refractivity contribution in [1.82, 2.24) is 14.5 Å². The summed E-state index contributed by atoms with van der Waals surface area (Å²) in [6.07, 6.45) is 3.50. The van der Waals surface area contributed by atoms with Gasteiger partial charge in [0.15, 0.2) is 0 Å². The van der Waals surface area contributed by atoms with E-state index in [1.54, 1.807) is 12.4 Å². The van der Waals surface area contributed by atoms with Gasteiger partial charge in [-0.1, -0.05) is 6.07 Å². The lowest BCUT2D eigenvalue weighted by Crippen LogP contribution is -2.00. The van der Waals surface area contributed by atoms with Crippen LogP contribution in [0.4, 0.5) is 0 Å². The van der Waals surface area contributed by atoms with Crippen LogP contribution in [0, 0.1) is 0 Å². The Morgan fingerprint density at radius 3 is 3.00 bits per heavy atom. The van der Waals surface area contributed by atoms with E-state index >= 15 is 0 Å². The van der Waals surface area contributed by atoms with Gasteiger partial charge in [0.05, 0.1) is 29.9 Å². The second-order valence-corrected chi connectivity index (χ2v) is 4.56. The smallest absolute Gasteiger partial charge is 0.129 e. The fourth-order valence-electron chi connectivity index (χ4n) is 2.24. The number of alkyl halides is 1. The number of imidazole rings is 1. The maximum atomic E-state index is 6.02. The molecule has 0 aliphatic carbocycles. The summed E-state index contributed by atoms with van der Waals surface area (Å²) in [5.41, 5.74) is 2.81. The third-order valence-corrected chi connectivity index (χ3v) is 3.27. The molecule has 0 N–H and O–H groups in total. The first-order chi connectivity index (χ1) is 9.83. The van der Waals surface area contributed by atoms with Crippen molar-refractivity contribution in [2.24, 2.45) is 0 Å². The van der Waals surface area contributed by atoms with Crippen LogP contribution in [0.25, 0.3) is 16.7 Å². The van der Waals surface area contributed by atoms with E-state index in [2.05, 4.69) is 9.97 Å². The van der Waals surface area contributed by atoms with Crippen molar-refractivity contribution in [3.8, 4) is 11.4 Å². The fraction of sp³-hybridized carbons (Fsp3) is 0.200. The van der Waals surface area contributed by atoms with E-state index in [4.69, 9.17) is 16.3 Å². The van der Waals surface area contributed by atoms with Crippen LogP contribution in [-0.2, 0) is 5.88 Å². The topological polar surface area (TPSA) is 39.9 Å². The zero-order chi connectivity index (χ0) is 13.9. The maximum absolute atomic E-state index is 6.02. The number of hydrogen-bond donors (Lipinski definition) is 0. The monoisotopic (exact) mass is 287 g/mol. The Morgan fingerprint density at radius 2 is 2.20 bits per heavy atom. The van der Waals surface area contributed by atoms with Crippen LogP contribution >= 0.6 is 11.6 Å². The number of nitrogens with zero attached hydrogens (tertiary/aromatic N) is 3. The maximum Gasteiger partial charge on any atom is 0.129 e. The second-order valence-electron chi connectivity index (χ2n) is 4.29. The normalized spacial score (nSPS) is 10.9. The van der Waals surface area contributed by atoms with Crippen molar-refractivity contribution in [3.05, 3.63) is 48.5 Å². The van der Waals surface area contributed by atoms with Crippen LogP contribution in [0.15, 0.2) is 42.7 Å². The third-order valence-electron chi connectivity index (χ3n) is 3.03. The van der Waals surface area contributed by atoms with E-state index in [1.165, 1.54) is 0 Å². The number of rotatable bonds is 4. The van der Waals surface area contributed by atoms with Crippen molar-refractivity contribution >= 4 is 22.6 Å². The number of ether oxygens (including phenoxy) is 1. The Morgan fingerprint density at radius 1 is 1.30 bits per heavy atom. The fourth-order valence-corrected chi connectivity index (χ4v) is 2.42. The molecule has 2 aromatic heterocycles. The molecule has 3 rings (SSSR count). The van der Waals surface area contributed by atoms with Gasteiger partial charge in [-0.25, -0.2) is 4.98 Å². The summed E-state index contributed by atoms with van der Waals surface area (Å²) in [6.45, 7) is 2.61. The van der Waals surface area contributed by atoms with Crippen LogP contribution in [0.2, 0.25) is 0 Å². The lowest BCUT2D eigenvalue weighted by atomic mass is 10.3. The summed E-state index contributed by atoms with van der Waals surface area (Å²) >= 11 is 6.02. The molecule has 20 heavy (non-hydrogen) atoms. The molecule has 5 heteroatoms. The van der Waals surface area contributed by atoms with Crippen molar-refractivity contribution in [1.29, 1.82) is 0 Å². The summed E-state index contributed by atoms with van der Waals surface area (Å²) in [7, 11) is 0. The van der Waals surface area contributed by atoms with Crippen LogP contribution in [0.1, 0.15) is 12.7 Å². The van der Waals surface area contributed by atoms with Gasteiger partial charge in [0.25, 0.3) is 0 Å². The molecule has 102 valence electrons. The molecule has 2 heterocycles. The Bertz CT molecular complexity index is 739. The van der Waals surface area contributed by atoms with Gasteiger partial charge in [-0.2, -0.15) is 0 Å². The molecule has 4 nitrogen and oxygen atoms in total. The molecule has 0 spiro atoms. The molecule has 0 amide bonds. The van der Waals surface area contributed by atoms with Gasteiger partial charge < -0.3 is 4.74 Å². The minimum absolute atomic E-state index is 0.341.